The molecule has 1 heterocycles. The van der Waals surface area contributed by atoms with Gasteiger partial charge >= 0.3 is 5.97 Å². The highest BCUT2D eigenvalue weighted by Gasteiger charge is 2.42. The predicted molar refractivity (Wildman–Crippen MR) is 102 cm³/mol. The lowest BCUT2D eigenvalue weighted by atomic mass is 9.85. The number of halogens is 2. The molecule has 6 nitrogen and oxygen atoms in total. The number of carbonyl (C=O) groups is 2. The number of benzene rings is 2. The van der Waals surface area contributed by atoms with Crippen molar-refractivity contribution in [1.82, 2.24) is 0 Å². The average molecular weight is 483 g/mol. The van der Waals surface area contributed by atoms with E-state index >= 15 is 0 Å². The van der Waals surface area contributed by atoms with Crippen LogP contribution in [0.15, 0.2) is 51.4 Å². The summed E-state index contributed by atoms with van der Waals surface area (Å²) in [6.45, 7) is 1.40. The number of aromatic hydroxyl groups is 2. The largest absolute Gasteiger partial charge is 0.506 e. The van der Waals surface area contributed by atoms with Crippen molar-refractivity contribution in [3.8, 4) is 11.5 Å². The van der Waals surface area contributed by atoms with Gasteiger partial charge in [-0.2, -0.15) is 0 Å². The number of nitrogens with one attached hydrogen (secondary N) is 1. The van der Waals surface area contributed by atoms with Gasteiger partial charge in [0.05, 0.1) is 4.47 Å². The van der Waals surface area contributed by atoms with Crippen LogP contribution in [0.2, 0.25) is 0 Å². The summed E-state index contributed by atoms with van der Waals surface area (Å²) in [6.07, 6.45) is 2.81. The lowest BCUT2D eigenvalue weighted by Crippen LogP contribution is -2.27. The van der Waals surface area contributed by atoms with Crippen molar-refractivity contribution in [2.45, 2.75) is 12.5 Å². The summed E-state index contributed by atoms with van der Waals surface area (Å²) >= 11 is 6.36. The van der Waals surface area contributed by atoms with Crippen LogP contribution in [0, 0.1) is 0 Å². The molecule has 2 aromatic carbocycles. The van der Waals surface area contributed by atoms with Crippen LogP contribution >= 0.6 is 31.9 Å². The van der Waals surface area contributed by atoms with Gasteiger partial charge < -0.3 is 20.3 Å². The van der Waals surface area contributed by atoms with Gasteiger partial charge in [0.25, 0.3) is 0 Å². The highest BCUT2D eigenvalue weighted by molar-refractivity contribution is 9.11. The first kappa shape index (κ1) is 18.5. The first-order chi connectivity index (χ1) is 12.2. The van der Waals surface area contributed by atoms with Crippen molar-refractivity contribution in [1.29, 1.82) is 0 Å². The number of phenols is 2. The second kappa shape index (κ2) is 6.77. The Bertz CT molecular complexity index is 940. The third kappa shape index (κ3) is 3.10. The van der Waals surface area contributed by atoms with Gasteiger partial charge in [-0.15, -0.1) is 0 Å². The summed E-state index contributed by atoms with van der Waals surface area (Å²) in [5.74, 6) is -1.19. The van der Waals surface area contributed by atoms with Gasteiger partial charge in [-0.1, -0.05) is 12.1 Å². The average Bonchev–Trinajstić information content (AvgIpc) is 2.99. The van der Waals surface area contributed by atoms with Gasteiger partial charge in [0.1, 0.15) is 16.0 Å². The molecule has 1 atom stereocenters. The molecule has 3 rings (SSSR count). The minimum atomic E-state index is -1.37. The molecule has 1 unspecified atom stereocenters. The van der Waals surface area contributed by atoms with E-state index in [1.54, 1.807) is 24.3 Å². The van der Waals surface area contributed by atoms with Crippen LogP contribution in [0.1, 0.15) is 18.1 Å². The Labute approximate surface area is 165 Å². The third-order valence-corrected chi connectivity index (χ3v) is 5.27. The summed E-state index contributed by atoms with van der Waals surface area (Å²) in [4.78, 5) is 23.0. The van der Waals surface area contributed by atoms with Crippen molar-refractivity contribution in [3.63, 3.8) is 0 Å². The predicted octanol–water partition coefficient (Wildman–Crippen LogP) is 3.94. The first-order valence-corrected chi connectivity index (χ1v) is 9.04. The molecule has 1 aliphatic heterocycles. The molecule has 3 N–H and O–H groups in total. The minimum absolute atomic E-state index is 0.0764. The fourth-order valence-electron chi connectivity index (χ4n) is 2.75. The molecule has 0 aliphatic carbocycles. The Morgan fingerprint density at radius 2 is 1.81 bits per heavy atom. The zero-order valence-corrected chi connectivity index (χ0v) is 16.6. The summed E-state index contributed by atoms with van der Waals surface area (Å²) in [5.41, 5.74) is 0.0492. The number of phenolic OH excluding ortho intramolecular Hbond substituents is 2. The maximum Gasteiger partial charge on any atom is 0.332 e. The summed E-state index contributed by atoms with van der Waals surface area (Å²) < 4.78 is 5.95. The van der Waals surface area contributed by atoms with Crippen LogP contribution in [0.4, 0.5) is 5.69 Å². The Morgan fingerprint density at radius 3 is 2.35 bits per heavy atom. The van der Waals surface area contributed by atoms with E-state index in [1.165, 1.54) is 25.1 Å². The molecule has 0 fully saturated rings. The number of ether oxygens (including phenoxy) is 1. The number of esters is 1. The summed E-state index contributed by atoms with van der Waals surface area (Å²) in [7, 11) is 0. The monoisotopic (exact) mass is 481 g/mol. The van der Waals surface area contributed by atoms with Crippen LogP contribution < -0.4 is 5.32 Å². The maximum absolute atomic E-state index is 11.8. The van der Waals surface area contributed by atoms with Crippen molar-refractivity contribution in [2.75, 3.05) is 5.32 Å². The van der Waals surface area contributed by atoms with Crippen LogP contribution in [-0.2, 0) is 19.9 Å². The lowest BCUT2D eigenvalue weighted by Gasteiger charge is -2.29. The molecular weight excluding hydrogens is 470 g/mol. The molecule has 0 saturated heterocycles. The molecule has 1 amide bonds. The van der Waals surface area contributed by atoms with Crippen molar-refractivity contribution in [3.05, 3.63) is 62.6 Å². The molecule has 0 aromatic heterocycles. The van der Waals surface area contributed by atoms with Gasteiger partial charge in [0.15, 0.2) is 5.60 Å². The number of hydrogen-bond donors (Lipinski definition) is 3. The van der Waals surface area contributed by atoms with Gasteiger partial charge in [0, 0.05) is 29.8 Å². The SMILES string of the molecule is CC(=O)Nc1ccc(C2(c3cc(Br)c(O)c(Br)c3O)C=CC(=O)O2)cc1. The van der Waals surface area contributed by atoms with Gasteiger partial charge in [0.2, 0.25) is 5.91 Å². The van der Waals surface area contributed by atoms with Crippen LogP contribution in [0.25, 0.3) is 0 Å². The molecule has 134 valence electrons. The van der Waals surface area contributed by atoms with E-state index in [2.05, 4.69) is 37.2 Å². The Kier molecular flexibility index (Phi) is 4.81. The molecule has 0 spiro atoms. The van der Waals surface area contributed by atoms with Crippen molar-refractivity contribution >= 4 is 49.4 Å². The molecule has 0 saturated carbocycles. The normalized spacial score (nSPS) is 18.7. The second-order valence-corrected chi connectivity index (χ2v) is 7.31. The fourth-order valence-corrected chi connectivity index (χ4v) is 3.87. The standard InChI is InChI=1S/C18H13Br2NO5/c1-9(22)21-11-4-2-10(3-5-11)18(7-6-14(23)26-18)12-8-13(19)17(25)15(20)16(12)24/h2-8,24-25H,1H3,(H,21,22). The van der Waals surface area contributed by atoms with Crippen LogP contribution in [-0.4, -0.2) is 22.1 Å². The number of anilines is 1. The van der Waals surface area contributed by atoms with E-state index in [0.717, 1.165) is 0 Å². The van der Waals surface area contributed by atoms with E-state index in [9.17, 15) is 19.8 Å². The fraction of sp³-hybridized carbons (Fsp3) is 0.111. The lowest BCUT2D eigenvalue weighted by molar-refractivity contribution is -0.143. The van der Waals surface area contributed by atoms with E-state index in [1.807, 2.05) is 0 Å². The molecule has 26 heavy (non-hydrogen) atoms. The summed E-state index contributed by atoms with van der Waals surface area (Å²) in [6, 6.07) is 8.19. The molecule has 2 aromatic rings. The maximum atomic E-state index is 11.8. The highest BCUT2D eigenvalue weighted by Crippen LogP contribution is 2.49. The Balaban J connectivity index is 2.17. The zero-order valence-electron chi connectivity index (χ0n) is 13.4. The Morgan fingerprint density at radius 1 is 1.15 bits per heavy atom. The van der Waals surface area contributed by atoms with E-state index in [-0.39, 0.29) is 27.4 Å². The number of carbonyl (C=O) groups excluding carboxylic acids is 2. The quantitative estimate of drug-likeness (QED) is 0.576. The van der Waals surface area contributed by atoms with E-state index < -0.39 is 11.6 Å². The molecule has 1 aliphatic rings. The Hall–Kier alpha value is -2.32. The minimum Gasteiger partial charge on any atom is -0.506 e. The molecular formula is C18H13Br2NO5. The van der Waals surface area contributed by atoms with Gasteiger partial charge in [-0.25, -0.2) is 4.79 Å². The van der Waals surface area contributed by atoms with Gasteiger partial charge in [-0.05, 0) is 56.1 Å². The number of hydrogen-bond acceptors (Lipinski definition) is 5. The van der Waals surface area contributed by atoms with Crippen molar-refractivity contribution in [2.24, 2.45) is 0 Å². The number of rotatable bonds is 3. The second-order valence-electron chi connectivity index (χ2n) is 5.67. The topological polar surface area (TPSA) is 95.9 Å². The first-order valence-electron chi connectivity index (χ1n) is 7.45. The smallest absolute Gasteiger partial charge is 0.332 e. The zero-order chi connectivity index (χ0) is 19.1. The molecule has 8 heteroatoms. The molecule has 0 bridgehead atoms. The van der Waals surface area contributed by atoms with Crippen LogP contribution in [0.5, 0.6) is 11.5 Å². The molecule has 0 radical (unpaired) electrons. The highest BCUT2D eigenvalue weighted by atomic mass is 79.9. The van der Waals surface area contributed by atoms with Crippen LogP contribution in [0.3, 0.4) is 0 Å². The summed E-state index contributed by atoms with van der Waals surface area (Å²) in [5, 5.41) is 23.2. The van der Waals surface area contributed by atoms with E-state index in [0.29, 0.717) is 15.7 Å². The number of cyclic esters (lactones) is 1. The number of amides is 1. The third-order valence-electron chi connectivity index (χ3n) is 3.92. The van der Waals surface area contributed by atoms with Gasteiger partial charge in [-0.3, -0.25) is 4.79 Å². The van der Waals surface area contributed by atoms with E-state index in [4.69, 9.17) is 4.74 Å². The van der Waals surface area contributed by atoms with Crippen molar-refractivity contribution < 1.29 is 24.5 Å².